The van der Waals surface area contributed by atoms with Crippen LogP contribution in [0.5, 0.6) is 0 Å². The number of carboxylic acids is 1. The van der Waals surface area contributed by atoms with Gasteiger partial charge in [0, 0.05) is 0 Å². The molecule has 2 heteroatoms. The minimum Gasteiger partial charge on any atom is -0.545 e. The van der Waals surface area contributed by atoms with Gasteiger partial charge in [0.2, 0.25) is 0 Å². The number of rotatable bonds is 15. The Hall–Kier alpha value is -0.790. The second-order valence-corrected chi connectivity index (χ2v) is 5.75. The summed E-state index contributed by atoms with van der Waals surface area (Å²) in [7, 11) is 0. The molecule has 0 heterocycles. The summed E-state index contributed by atoms with van der Waals surface area (Å²) in [6, 6.07) is 0. The van der Waals surface area contributed by atoms with E-state index in [-0.39, 0.29) is 0 Å². The maximum atomic E-state index is 10.1. The molecule has 0 saturated carbocycles. The Balaban J connectivity index is 3.01. The van der Waals surface area contributed by atoms with Gasteiger partial charge in [-0.05, 0) is 18.9 Å². The van der Waals surface area contributed by atoms with Crippen LogP contribution < -0.4 is 5.11 Å². The van der Waals surface area contributed by atoms with Gasteiger partial charge in [0.15, 0.2) is 0 Å². The highest BCUT2D eigenvalue weighted by atomic mass is 16.4. The normalized spacial score (nSPS) is 11.2. The molecular weight excluding hydrogens is 248 g/mol. The van der Waals surface area contributed by atoms with E-state index in [4.69, 9.17) is 0 Å². The van der Waals surface area contributed by atoms with E-state index in [1.165, 1.54) is 77.0 Å². The van der Waals surface area contributed by atoms with E-state index in [2.05, 4.69) is 6.92 Å². The topological polar surface area (TPSA) is 40.1 Å². The van der Waals surface area contributed by atoms with Crippen LogP contribution in [-0.2, 0) is 4.79 Å². The molecule has 0 unspecified atom stereocenters. The monoisotopic (exact) mass is 281 g/mol. The largest absolute Gasteiger partial charge is 0.545 e. The Bertz CT molecular complexity index is 234. The molecule has 0 aliphatic rings. The summed E-state index contributed by atoms with van der Waals surface area (Å²) in [6.45, 7) is 2.26. The van der Waals surface area contributed by atoms with Crippen LogP contribution >= 0.6 is 0 Å². The summed E-state index contributed by atoms with van der Waals surface area (Å²) in [6.07, 6.45) is 21.2. The lowest BCUT2D eigenvalue weighted by Gasteiger charge is -2.02. The van der Waals surface area contributed by atoms with Crippen LogP contribution in [0.25, 0.3) is 0 Å². The first kappa shape index (κ1) is 19.2. The van der Waals surface area contributed by atoms with Crippen LogP contribution in [0.1, 0.15) is 96.8 Å². The van der Waals surface area contributed by atoms with Gasteiger partial charge in [-0.15, -0.1) is 0 Å². The predicted octanol–water partition coefficient (Wildman–Crippen LogP) is 4.77. The van der Waals surface area contributed by atoms with Gasteiger partial charge in [-0.1, -0.05) is 90.0 Å². The highest BCUT2D eigenvalue weighted by Gasteiger charge is 1.93. The van der Waals surface area contributed by atoms with E-state index in [0.29, 0.717) is 0 Å². The van der Waals surface area contributed by atoms with Crippen LogP contribution in [0.2, 0.25) is 0 Å². The molecule has 20 heavy (non-hydrogen) atoms. The SMILES string of the molecule is CCCCCCCCCCCCCCC/C=C\C(=O)[O-]. The summed E-state index contributed by atoms with van der Waals surface area (Å²) < 4.78 is 0. The molecule has 0 N–H and O–H groups in total. The number of unbranched alkanes of at least 4 members (excludes halogenated alkanes) is 13. The smallest absolute Gasteiger partial charge is 0.0639 e. The molecule has 2 nitrogen and oxygen atoms in total. The number of hydrogen-bond donors (Lipinski definition) is 0. The first-order chi connectivity index (χ1) is 9.77. The molecule has 0 amide bonds. The van der Waals surface area contributed by atoms with Crippen LogP contribution in [0.15, 0.2) is 12.2 Å². The fourth-order valence-electron chi connectivity index (χ4n) is 2.46. The van der Waals surface area contributed by atoms with Gasteiger partial charge < -0.3 is 9.90 Å². The van der Waals surface area contributed by atoms with Gasteiger partial charge in [0.05, 0.1) is 5.97 Å². The van der Waals surface area contributed by atoms with E-state index in [9.17, 15) is 9.90 Å². The summed E-state index contributed by atoms with van der Waals surface area (Å²) in [5, 5.41) is 10.1. The summed E-state index contributed by atoms with van der Waals surface area (Å²) in [4.78, 5) is 10.1. The summed E-state index contributed by atoms with van der Waals surface area (Å²) in [5.41, 5.74) is 0. The Morgan fingerprint density at radius 3 is 1.55 bits per heavy atom. The van der Waals surface area contributed by atoms with Crippen molar-refractivity contribution in [2.75, 3.05) is 0 Å². The lowest BCUT2D eigenvalue weighted by molar-refractivity contribution is -0.297. The van der Waals surface area contributed by atoms with Gasteiger partial charge in [-0.25, -0.2) is 0 Å². The molecule has 0 atom stereocenters. The molecule has 118 valence electrons. The molecule has 0 aliphatic heterocycles. The maximum Gasteiger partial charge on any atom is 0.0639 e. The Kier molecular flexibility index (Phi) is 15.6. The van der Waals surface area contributed by atoms with Crippen molar-refractivity contribution in [3.63, 3.8) is 0 Å². The fourth-order valence-corrected chi connectivity index (χ4v) is 2.46. The second-order valence-electron chi connectivity index (χ2n) is 5.75. The third kappa shape index (κ3) is 17.2. The van der Waals surface area contributed by atoms with Crippen LogP contribution in [0, 0.1) is 0 Å². The highest BCUT2D eigenvalue weighted by molar-refractivity contribution is 5.77. The van der Waals surface area contributed by atoms with E-state index < -0.39 is 5.97 Å². The standard InChI is InChI=1S/C18H34O2/c1-2-3-4-5-6-7-8-9-10-11-12-13-14-15-16-17-18(19)20/h16-17H,2-15H2,1H3,(H,19,20)/p-1/b17-16-. The van der Waals surface area contributed by atoms with Crippen molar-refractivity contribution in [3.05, 3.63) is 12.2 Å². The van der Waals surface area contributed by atoms with Gasteiger partial charge in [-0.2, -0.15) is 0 Å². The molecular formula is C18H33O2-. The zero-order valence-electron chi connectivity index (χ0n) is 13.4. The number of aliphatic carboxylic acids is 1. The van der Waals surface area contributed by atoms with Crippen LogP contribution in [0.4, 0.5) is 0 Å². The van der Waals surface area contributed by atoms with Crippen molar-refractivity contribution in [1.29, 1.82) is 0 Å². The van der Waals surface area contributed by atoms with Gasteiger partial charge in [-0.3, -0.25) is 0 Å². The van der Waals surface area contributed by atoms with Gasteiger partial charge in [0.1, 0.15) is 0 Å². The van der Waals surface area contributed by atoms with Crippen molar-refractivity contribution >= 4 is 5.97 Å². The van der Waals surface area contributed by atoms with E-state index in [1.807, 2.05) is 0 Å². The number of hydrogen-bond acceptors (Lipinski definition) is 2. The molecule has 0 spiro atoms. The molecule has 0 bridgehead atoms. The second kappa shape index (κ2) is 16.3. The Morgan fingerprint density at radius 1 is 0.750 bits per heavy atom. The first-order valence-corrected chi connectivity index (χ1v) is 8.65. The predicted molar refractivity (Wildman–Crippen MR) is 84.5 cm³/mol. The minimum atomic E-state index is -1.08. The quantitative estimate of drug-likeness (QED) is 0.320. The van der Waals surface area contributed by atoms with Crippen molar-refractivity contribution in [2.24, 2.45) is 0 Å². The zero-order chi connectivity index (χ0) is 14.9. The lowest BCUT2D eigenvalue weighted by Crippen LogP contribution is -2.18. The number of allylic oxidation sites excluding steroid dienone is 1. The van der Waals surface area contributed by atoms with E-state index in [1.54, 1.807) is 6.08 Å². The molecule has 0 aromatic heterocycles. The number of carbonyl (C=O) groups is 1. The lowest BCUT2D eigenvalue weighted by atomic mass is 10.0. The average Bonchev–Trinajstić information content (AvgIpc) is 2.43. The van der Waals surface area contributed by atoms with Crippen LogP contribution in [-0.4, -0.2) is 5.97 Å². The molecule has 0 aliphatic carbocycles. The minimum absolute atomic E-state index is 0.867. The van der Waals surface area contributed by atoms with E-state index in [0.717, 1.165) is 18.9 Å². The first-order valence-electron chi connectivity index (χ1n) is 8.65. The Morgan fingerprint density at radius 2 is 1.15 bits per heavy atom. The van der Waals surface area contributed by atoms with Crippen molar-refractivity contribution in [1.82, 2.24) is 0 Å². The summed E-state index contributed by atoms with van der Waals surface area (Å²) >= 11 is 0. The molecule has 0 aromatic carbocycles. The van der Waals surface area contributed by atoms with Crippen molar-refractivity contribution in [3.8, 4) is 0 Å². The van der Waals surface area contributed by atoms with Crippen LogP contribution in [0.3, 0.4) is 0 Å². The number of carbonyl (C=O) groups excluding carboxylic acids is 1. The van der Waals surface area contributed by atoms with Gasteiger partial charge in [0.25, 0.3) is 0 Å². The molecule has 0 rings (SSSR count). The Labute approximate surface area is 125 Å². The molecule has 0 saturated heterocycles. The molecule has 0 fully saturated rings. The molecule has 0 aromatic rings. The van der Waals surface area contributed by atoms with Crippen molar-refractivity contribution < 1.29 is 9.90 Å². The molecule has 0 radical (unpaired) electrons. The van der Waals surface area contributed by atoms with Gasteiger partial charge >= 0.3 is 0 Å². The van der Waals surface area contributed by atoms with E-state index >= 15 is 0 Å². The van der Waals surface area contributed by atoms with Crippen molar-refractivity contribution in [2.45, 2.75) is 96.8 Å². The summed E-state index contributed by atoms with van der Waals surface area (Å²) in [5.74, 6) is -1.08. The third-order valence-electron chi connectivity index (χ3n) is 3.73. The number of carboxylic acid groups (broad SMARTS) is 1. The third-order valence-corrected chi connectivity index (χ3v) is 3.73. The highest BCUT2D eigenvalue weighted by Crippen LogP contribution is 2.12. The fraction of sp³-hybridized carbons (Fsp3) is 0.833. The zero-order valence-corrected chi connectivity index (χ0v) is 13.4. The maximum absolute atomic E-state index is 10.1. The average molecular weight is 281 g/mol.